The van der Waals surface area contributed by atoms with E-state index in [1.54, 1.807) is 0 Å². The number of hydrogen-bond acceptors (Lipinski definition) is 3. The van der Waals surface area contributed by atoms with Crippen LogP contribution in [0.3, 0.4) is 0 Å². The van der Waals surface area contributed by atoms with Gasteiger partial charge >= 0.3 is 0 Å². The van der Waals surface area contributed by atoms with Crippen LogP contribution in [0.5, 0.6) is 0 Å². The largest absolute Gasteiger partial charge is 0.381 e. The zero-order chi connectivity index (χ0) is 13.7. The van der Waals surface area contributed by atoms with Crippen LogP contribution in [0, 0.1) is 5.92 Å². The van der Waals surface area contributed by atoms with Crippen LogP contribution < -0.4 is 5.32 Å². The Labute approximate surface area is 114 Å². The first-order chi connectivity index (χ1) is 9.17. The molecule has 2 aliphatic rings. The predicted molar refractivity (Wildman–Crippen MR) is 69.5 cm³/mol. The molecule has 1 N–H and O–H groups in total. The topological polar surface area (TPSA) is 30.5 Å². The number of alkyl halides is 2. The van der Waals surface area contributed by atoms with Gasteiger partial charge in [-0.15, -0.1) is 0 Å². The monoisotopic (exact) mass is 277 g/mol. The van der Waals surface area contributed by atoms with Gasteiger partial charge in [-0.1, -0.05) is 6.92 Å². The minimum absolute atomic E-state index is 0.0124. The van der Waals surface area contributed by atoms with Gasteiger partial charge in [-0.2, -0.15) is 0 Å². The molecule has 1 spiro atoms. The van der Waals surface area contributed by atoms with Gasteiger partial charge in [-0.05, 0) is 44.6 Å². The summed E-state index contributed by atoms with van der Waals surface area (Å²) in [6.45, 7) is 4.63. The summed E-state index contributed by atoms with van der Waals surface area (Å²) in [5.74, 6) is 0.0124. The van der Waals surface area contributed by atoms with Gasteiger partial charge in [-0.25, -0.2) is 8.78 Å². The van der Waals surface area contributed by atoms with Crippen molar-refractivity contribution in [2.24, 2.45) is 5.92 Å². The van der Waals surface area contributed by atoms with Crippen LogP contribution in [0.2, 0.25) is 0 Å². The lowest BCUT2D eigenvalue weighted by molar-refractivity contribution is -0.154. The molecule has 2 heterocycles. The average Bonchev–Trinajstić information content (AvgIpc) is 2.40. The highest BCUT2D eigenvalue weighted by Crippen LogP contribution is 2.39. The standard InChI is InChI=1S/C14H25F2NO2/c1-2-6-17-12(13(15)16)11-3-7-19-14(10-11)4-8-18-9-5-14/h11-13,17H,2-10H2,1H3. The molecule has 2 saturated heterocycles. The van der Waals surface area contributed by atoms with Crippen LogP contribution in [-0.2, 0) is 9.47 Å². The van der Waals surface area contributed by atoms with Crippen molar-refractivity contribution in [2.75, 3.05) is 26.4 Å². The minimum Gasteiger partial charge on any atom is -0.381 e. The van der Waals surface area contributed by atoms with Crippen LogP contribution in [0.1, 0.15) is 39.0 Å². The van der Waals surface area contributed by atoms with E-state index in [1.165, 1.54) is 0 Å². The summed E-state index contributed by atoms with van der Waals surface area (Å²) in [7, 11) is 0. The first kappa shape index (κ1) is 15.1. The molecule has 2 atom stereocenters. The van der Waals surface area contributed by atoms with Crippen LogP contribution in [0.25, 0.3) is 0 Å². The van der Waals surface area contributed by atoms with Crippen molar-refractivity contribution in [1.82, 2.24) is 5.32 Å². The highest BCUT2D eigenvalue weighted by Gasteiger charge is 2.43. The van der Waals surface area contributed by atoms with Crippen molar-refractivity contribution in [3.05, 3.63) is 0 Å². The number of nitrogens with one attached hydrogen (secondary N) is 1. The van der Waals surface area contributed by atoms with E-state index in [-0.39, 0.29) is 11.5 Å². The Morgan fingerprint density at radius 1 is 1.26 bits per heavy atom. The third-order valence-electron chi connectivity index (χ3n) is 4.34. The maximum absolute atomic E-state index is 13.2. The van der Waals surface area contributed by atoms with Gasteiger partial charge in [0.25, 0.3) is 6.43 Å². The van der Waals surface area contributed by atoms with Gasteiger partial charge in [0, 0.05) is 19.8 Å². The molecule has 5 heteroatoms. The molecule has 2 rings (SSSR count). The van der Waals surface area contributed by atoms with E-state index in [9.17, 15) is 8.78 Å². The smallest absolute Gasteiger partial charge is 0.253 e. The molecule has 0 aromatic heterocycles. The van der Waals surface area contributed by atoms with E-state index in [0.717, 1.165) is 32.1 Å². The molecule has 2 aliphatic heterocycles. The summed E-state index contributed by atoms with van der Waals surface area (Å²) >= 11 is 0. The summed E-state index contributed by atoms with van der Waals surface area (Å²) in [6, 6.07) is -0.691. The second kappa shape index (κ2) is 6.95. The highest BCUT2D eigenvalue weighted by molar-refractivity contribution is 4.93. The Morgan fingerprint density at radius 2 is 2.00 bits per heavy atom. The zero-order valence-corrected chi connectivity index (χ0v) is 11.7. The molecule has 3 nitrogen and oxygen atoms in total. The first-order valence-electron chi connectivity index (χ1n) is 7.40. The van der Waals surface area contributed by atoms with E-state index in [2.05, 4.69) is 5.32 Å². The Bertz CT molecular complexity index is 265. The maximum Gasteiger partial charge on any atom is 0.253 e. The number of rotatable bonds is 5. The SMILES string of the molecule is CCCNC(C(F)F)C1CCOC2(CCOCC2)C1. The molecule has 0 aromatic rings. The normalized spacial score (nSPS) is 28.7. The Balaban J connectivity index is 1.97. The second-order valence-corrected chi connectivity index (χ2v) is 5.71. The molecular formula is C14H25F2NO2. The fraction of sp³-hybridized carbons (Fsp3) is 1.00. The van der Waals surface area contributed by atoms with Crippen LogP contribution in [0.15, 0.2) is 0 Å². The van der Waals surface area contributed by atoms with Crippen molar-refractivity contribution < 1.29 is 18.3 Å². The molecule has 2 unspecified atom stereocenters. The minimum atomic E-state index is -2.30. The molecule has 112 valence electrons. The fourth-order valence-electron chi connectivity index (χ4n) is 3.24. The van der Waals surface area contributed by atoms with Crippen LogP contribution in [-0.4, -0.2) is 44.4 Å². The maximum atomic E-state index is 13.2. The number of hydrogen-bond donors (Lipinski definition) is 1. The van der Waals surface area contributed by atoms with Crippen molar-refractivity contribution in [3.63, 3.8) is 0 Å². The Kier molecular flexibility index (Phi) is 5.54. The predicted octanol–water partition coefficient (Wildman–Crippen LogP) is 2.60. The van der Waals surface area contributed by atoms with E-state index >= 15 is 0 Å². The number of halogens is 2. The molecular weight excluding hydrogens is 252 g/mol. The summed E-state index contributed by atoms with van der Waals surface area (Å²) in [5.41, 5.74) is -0.206. The first-order valence-corrected chi connectivity index (χ1v) is 7.40. The van der Waals surface area contributed by atoms with Gasteiger partial charge in [0.05, 0.1) is 11.6 Å². The lowest BCUT2D eigenvalue weighted by Gasteiger charge is -2.45. The summed E-state index contributed by atoms with van der Waals surface area (Å²) < 4.78 is 37.7. The van der Waals surface area contributed by atoms with Crippen molar-refractivity contribution in [3.8, 4) is 0 Å². The second-order valence-electron chi connectivity index (χ2n) is 5.71. The summed E-state index contributed by atoms with van der Waals surface area (Å²) in [6.07, 6.45) is 1.73. The van der Waals surface area contributed by atoms with Gasteiger partial charge in [0.15, 0.2) is 0 Å². The van der Waals surface area contributed by atoms with Crippen molar-refractivity contribution in [1.29, 1.82) is 0 Å². The lowest BCUT2D eigenvalue weighted by atomic mass is 9.78. The van der Waals surface area contributed by atoms with Crippen LogP contribution in [0.4, 0.5) is 8.78 Å². The molecule has 0 radical (unpaired) electrons. The zero-order valence-electron chi connectivity index (χ0n) is 11.7. The van der Waals surface area contributed by atoms with Gasteiger partial charge in [0.2, 0.25) is 0 Å². The molecule has 0 aromatic carbocycles. The Hall–Kier alpha value is -0.260. The fourth-order valence-corrected chi connectivity index (χ4v) is 3.24. The van der Waals surface area contributed by atoms with E-state index in [0.29, 0.717) is 26.4 Å². The average molecular weight is 277 g/mol. The van der Waals surface area contributed by atoms with Crippen molar-refractivity contribution in [2.45, 2.75) is 57.1 Å². The van der Waals surface area contributed by atoms with Crippen LogP contribution >= 0.6 is 0 Å². The van der Waals surface area contributed by atoms with E-state index in [1.807, 2.05) is 6.92 Å². The third-order valence-corrected chi connectivity index (χ3v) is 4.34. The van der Waals surface area contributed by atoms with E-state index in [4.69, 9.17) is 9.47 Å². The summed E-state index contributed by atoms with van der Waals surface area (Å²) in [4.78, 5) is 0. The quantitative estimate of drug-likeness (QED) is 0.838. The van der Waals surface area contributed by atoms with Gasteiger partial charge in [0.1, 0.15) is 0 Å². The van der Waals surface area contributed by atoms with Gasteiger partial charge < -0.3 is 14.8 Å². The molecule has 0 aliphatic carbocycles. The summed E-state index contributed by atoms with van der Waals surface area (Å²) in [5, 5.41) is 3.02. The Morgan fingerprint density at radius 3 is 2.63 bits per heavy atom. The molecule has 19 heavy (non-hydrogen) atoms. The van der Waals surface area contributed by atoms with Crippen molar-refractivity contribution >= 4 is 0 Å². The highest BCUT2D eigenvalue weighted by atomic mass is 19.3. The molecule has 0 saturated carbocycles. The molecule has 2 fully saturated rings. The third kappa shape index (κ3) is 3.86. The molecule has 0 bridgehead atoms. The van der Waals surface area contributed by atoms with E-state index < -0.39 is 12.5 Å². The lowest BCUT2D eigenvalue weighted by Crippen LogP contribution is -2.51. The number of ether oxygens (including phenoxy) is 2. The molecule has 0 amide bonds. The van der Waals surface area contributed by atoms with Gasteiger partial charge in [-0.3, -0.25) is 0 Å².